The highest BCUT2D eigenvalue weighted by atomic mass is 32.2. The molecule has 0 saturated heterocycles. The van der Waals surface area contributed by atoms with Gasteiger partial charge < -0.3 is 5.11 Å². The van der Waals surface area contributed by atoms with Crippen LogP contribution in [0.5, 0.6) is 0 Å². The number of carboxylic acids is 1. The van der Waals surface area contributed by atoms with Crippen molar-refractivity contribution in [3.8, 4) is 0 Å². The number of nitrogens with zero attached hydrogens (tertiary/aromatic N) is 1. The van der Waals surface area contributed by atoms with Gasteiger partial charge in [0.15, 0.2) is 5.71 Å². The largest absolute Gasteiger partial charge is 0.481 e. The van der Waals surface area contributed by atoms with Crippen LogP contribution in [0.1, 0.15) is 52.0 Å². The number of carboxylic acid groups (broad SMARTS) is 1. The molecule has 24 heavy (non-hydrogen) atoms. The van der Waals surface area contributed by atoms with Crippen LogP contribution in [0.2, 0.25) is 0 Å². The molecule has 0 atom stereocenters. The van der Waals surface area contributed by atoms with Crippen LogP contribution in [0, 0.1) is 0 Å². The van der Waals surface area contributed by atoms with Gasteiger partial charge in [0.2, 0.25) is 5.69 Å². The summed E-state index contributed by atoms with van der Waals surface area (Å²) in [4.78, 5) is 10.5. The molecule has 0 fully saturated rings. The zero-order chi connectivity index (χ0) is 18.1. The topological polar surface area (TPSA) is 94.7 Å². The van der Waals surface area contributed by atoms with Crippen molar-refractivity contribution in [2.75, 3.05) is 6.54 Å². The number of aliphatic carboxylic acids is 1. The van der Waals surface area contributed by atoms with Crippen molar-refractivity contribution in [1.82, 2.24) is 0 Å². The number of fused-ring (bicyclic) bond motifs is 1. The molecule has 0 amide bonds. The van der Waals surface area contributed by atoms with E-state index in [1.807, 2.05) is 20.8 Å². The number of carbonyl (C=O) groups is 1. The van der Waals surface area contributed by atoms with Crippen molar-refractivity contribution in [2.24, 2.45) is 0 Å². The molecule has 0 aliphatic carbocycles. The minimum Gasteiger partial charge on any atom is -0.481 e. The summed E-state index contributed by atoms with van der Waals surface area (Å²) in [7, 11) is -4.23. The summed E-state index contributed by atoms with van der Waals surface area (Å²) in [6.07, 6.45) is 2.53. The molecule has 1 heterocycles. The van der Waals surface area contributed by atoms with E-state index in [-0.39, 0.29) is 16.7 Å². The predicted molar refractivity (Wildman–Crippen MR) is 90.9 cm³/mol. The van der Waals surface area contributed by atoms with Crippen molar-refractivity contribution >= 4 is 27.5 Å². The molecule has 2 rings (SSSR count). The van der Waals surface area contributed by atoms with Crippen molar-refractivity contribution in [3.05, 3.63) is 23.8 Å². The molecule has 0 spiro atoms. The lowest BCUT2D eigenvalue weighted by Crippen LogP contribution is -2.26. The highest BCUT2D eigenvalue weighted by Gasteiger charge is 2.43. The van der Waals surface area contributed by atoms with Crippen molar-refractivity contribution in [3.63, 3.8) is 0 Å². The summed E-state index contributed by atoms with van der Waals surface area (Å²) >= 11 is 0. The molecule has 6 nitrogen and oxygen atoms in total. The average Bonchev–Trinajstić information content (AvgIpc) is 2.66. The third-order valence-electron chi connectivity index (χ3n) is 4.81. The second-order valence-corrected chi connectivity index (χ2v) is 8.14. The van der Waals surface area contributed by atoms with E-state index in [0.29, 0.717) is 6.42 Å². The maximum absolute atomic E-state index is 11.4. The van der Waals surface area contributed by atoms with E-state index >= 15 is 0 Å². The van der Waals surface area contributed by atoms with Crippen LogP contribution < -0.4 is 0 Å². The summed E-state index contributed by atoms with van der Waals surface area (Å²) in [6.45, 7) is 6.83. The maximum atomic E-state index is 11.4. The standard InChI is InChI=1S/C17H23NO5S/c1-12-17(2,3)14-11-13(24(21,22)23)8-9-15(14)18(12)10-6-4-5-7-16(19)20/h8-9,11H,4-7,10H2,1-3H3,(H-,19,20,21,22,23)/p+1. The Labute approximate surface area is 142 Å². The number of hydrogen-bond donors (Lipinski definition) is 2. The first kappa shape index (κ1) is 18.6. The van der Waals surface area contributed by atoms with E-state index in [1.165, 1.54) is 6.07 Å². The van der Waals surface area contributed by atoms with Crippen LogP contribution in [0.25, 0.3) is 0 Å². The van der Waals surface area contributed by atoms with Gasteiger partial charge in [-0.05, 0) is 38.8 Å². The third-order valence-corrected chi connectivity index (χ3v) is 5.66. The summed E-state index contributed by atoms with van der Waals surface area (Å²) in [5.41, 5.74) is 2.61. The first-order chi connectivity index (χ1) is 11.0. The molecule has 0 unspecified atom stereocenters. The quantitative estimate of drug-likeness (QED) is 0.446. The fraction of sp³-hybridized carbons (Fsp3) is 0.529. The summed E-state index contributed by atoms with van der Waals surface area (Å²) in [6, 6.07) is 4.69. The van der Waals surface area contributed by atoms with E-state index in [1.54, 1.807) is 12.1 Å². The van der Waals surface area contributed by atoms with Crippen LogP contribution >= 0.6 is 0 Å². The first-order valence-electron chi connectivity index (χ1n) is 8.00. The van der Waals surface area contributed by atoms with E-state index < -0.39 is 16.1 Å². The Morgan fingerprint density at radius 3 is 2.46 bits per heavy atom. The second kappa shape index (κ2) is 6.64. The fourth-order valence-corrected chi connectivity index (χ4v) is 3.64. The van der Waals surface area contributed by atoms with Crippen LogP contribution in [0.3, 0.4) is 0 Å². The third kappa shape index (κ3) is 3.67. The SMILES string of the molecule is CC1=[N+](CCCCCC(=O)O)c2ccc(S(=O)(=O)O)cc2C1(C)C. The molecule has 1 aromatic rings. The van der Waals surface area contributed by atoms with Gasteiger partial charge in [0.25, 0.3) is 10.1 Å². The highest BCUT2D eigenvalue weighted by Crippen LogP contribution is 2.40. The summed E-state index contributed by atoms with van der Waals surface area (Å²) in [5.74, 6) is -0.775. The number of hydrogen-bond acceptors (Lipinski definition) is 3. The number of benzene rings is 1. The molecule has 2 N–H and O–H groups in total. The lowest BCUT2D eigenvalue weighted by molar-refractivity contribution is -0.439. The molecule has 7 heteroatoms. The number of rotatable bonds is 7. The molecule has 1 aliphatic heterocycles. The molecular formula is C17H24NO5S+. The van der Waals surface area contributed by atoms with Crippen molar-refractivity contribution in [1.29, 1.82) is 0 Å². The minimum absolute atomic E-state index is 0.0922. The summed E-state index contributed by atoms with van der Waals surface area (Å²) in [5, 5.41) is 8.67. The average molecular weight is 354 g/mol. The van der Waals surface area contributed by atoms with E-state index in [4.69, 9.17) is 5.11 Å². The zero-order valence-corrected chi connectivity index (χ0v) is 15.1. The maximum Gasteiger partial charge on any atom is 0.303 e. The Morgan fingerprint density at radius 2 is 1.88 bits per heavy atom. The van der Waals surface area contributed by atoms with Gasteiger partial charge in [-0.2, -0.15) is 13.0 Å². The van der Waals surface area contributed by atoms with Gasteiger partial charge in [0, 0.05) is 31.4 Å². The molecule has 1 aromatic carbocycles. The fourth-order valence-electron chi connectivity index (χ4n) is 3.14. The normalized spacial score (nSPS) is 16.3. The Hall–Kier alpha value is -1.73. The van der Waals surface area contributed by atoms with E-state index in [0.717, 1.165) is 36.3 Å². The van der Waals surface area contributed by atoms with Crippen molar-refractivity contribution in [2.45, 2.75) is 56.8 Å². The monoisotopic (exact) mass is 354 g/mol. The molecule has 0 aromatic heterocycles. The Morgan fingerprint density at radius 1 is 1.21 bits per heavy atom. The molecular weight excluding hydrogens is 330 g/mol. The predicted octanol–water partition coefficient (Wildman–Crippen LogP) is 2.97. The van der Waals surface area contributed by atoms with Gasteiger partial charge in [0.05, 0.1) is 10.3 Å². The molecule has 0 saturated carbocycles. The van der Waals surface area contributed by atoms with Crippen LogP contribution in [-0.4, -0.2) is 40.9 Å². The summed E-state index contributed by atoms with van der Waals surface area (Å²) < 4.78 is 34.2. The van der Waals surface area contributed by atoms with Crippen molar-refractivity contribution < 1.29 is 27.4 Å². The van der Waals surface area contributed by atoms with Gasteiger partial charge in [-0.3, -0.25) is 9.35 Å². The Bertz CT molecular complexity index is 793. The van der Waals surface area contributed by atoms with Gasteiger partial charge in [0.1, 0.15) is 6.54 Å². The molecule has 0 radical (unpaired) electrons. The molecule has 0 bridgehead atoms. The highest BCUT2D eigenvalue weighted by molar-refractivity contribution is 7.85. The Balaban J connectivity index is 2.22. The van der Waals surface area contributed by atoms with Crippen LogP contribution in [-0.2, 0) is 20.3 Å². The Kier molecular flexibility index (Phi) is 5.15. The van der Waals surface area contributed by atoms with Gasteiger partial charge in [-0.1, -0.05) is 0 Å². The van der Waals surface area contributed by atoms with E-state index in [9.17, 15) is 17.8 Å². The van der Waals surface area contributed by atoms with Crippen LogP contribution in [0.15, 0.2) is 23.1 Å². The van der Waals surface area contributed by atoms with Crippen LogP contribution in [0.4, 0.5) is 5.69 Å². The van der Waals surface area contributed by atoms with Gasteiger partial charge >= 0.3 is 5.97 Å². The molecule has 132 valence electrons. The zero-order valence-electron chi connectivity index (χ0n) is 14.2. The van der Waals surface area contributed by atoms with Gasteiger partial charge in [-0.15, -0.1) is 0 Å². The second-order valence-electron chi connectivity index (χ2n) is 6.72. The molecule has 1 aliphatic rings. The first-order valence-corrected chi connectivity index (χ1v) is 9.44. The lowest BCUT2D eigenvalue weighted by Gasteiger charge is -2.15. The minimum atomic E-state index is -4.23. The number of unbranched alkanes of at least 4 members (excludes halogenated alkanes) is 2. The van der Waals surface area contributed by atoms with E-state index in [2.05, 4.69) is 4.58 Å². The van der Waals surface area contributed by atoms with Gasteiger partial charge in [-0.25, -0.2) is 0 Å². The smallest absolute Gasteiger partial charge is 0.303 e. The lowest BCUT2D eigenvalue weighted by atomic mass is 9.82.